The first-order valence-corrected chi connectivity index (χ1v) is 7.42. The molecule has 3 rings (SSSR count). The molecule has 24 heavy (non-hydrogen) atoms. The number of alkyl halides is 3. The number of hydrogen-bond donors (Lipinski definition) is 1. The fourth-order valence-corrected chi connectivity index (χ4v) is 2.55. The molecule has 1 aliphatic rings. The number of aryl methyl sites for hydroxylation is 1. The van der Waals surface area contributed by atoms with Crippen LogP contribution in [-0.4, -0.2) is 47.1 Å². The van der Waals surface area contributed by atoms with E-state index >= 15 is 0 Å². The summed E-state index contributed by atoms with van der Waals surface area (Å²) in [4.78, 5) is 10.1. The van der Waals surface area contributed by atoms with Crippen LogP contribution in [0.25, 0.3) is 11.4 Å². The van der Waals surface area contributed by atoms with E-state index in [1.165, 1.54) is 11.0 Å². The average molecular weight is 339 g/mol. The smallest absolute Gasteiger partial charge is 0.416 e. The average Bonchev–Trinajstić information content (AvgIpc) is 2.54. The van der Waals surface area contributed by atoms with Gasteiger partial charge in [0, 0.05) is 18.3 Å². The Bertz CT molecular complexity index is 737. The van der Waals surface area contributed by atoms with Gasteiger partial charge in [-0.1, -0.05) is 12.1 Å². The molecule has 8 heteroatoms. The number of ether oxygens (including phenoxy) is 1. The van der Waals surface area contributed by atoms with E-state index in [4.69, 9.17) is 4.74 Å². The SMILES string of the molecule is Cc1cc(N2CCOC(C(F)(F)F)C2)nc(-c2ccccc2O)n1. The van der Waals surface area contributed by atoms with Crippen molar-refractivity contribution in [3.05, 3.63) is 36.0 Å². The quantitative estimate of drug-likeness (QED) is 0.912. The second-order valence-electron chi connectivity index (χ2n) is 5.56. The molecule has 0 spiro atoms. The van der Waals surface area contributed by atoms with Crippen LogP contribution in [0.1, 0.15) is 5.69 Å². The minimum atomic E-state index is -4.42. The van der Waals surface area contributed by atoms with Crippen molar-refractivity contribution >= 4 is 5.82 Å². The third kappa shape index (κ3) is 3.43. The lowest BCUT2D eigenvalue weighted by Gasteiger charge is -2.34. The maximum atomic E-state index is 12.9. The van der Waals surface area contributed by atoms with Crippen LogP contribution in [0, 0.1) is 6.92 Å². The fraction of sp³-hybridized carbons (Fsp3) is 0.375. The standard InChI is InChI=1S/C16H16F3N3O2/c1-10-8-14(22-6-7-24-13(9-22)16(17,18)19)21-15(20-10)11-4-2-3-5-12(11)23/h2-5,8,13,23H,6-7,9H2,1H3. The van der Waals surface area contributed by atoms with Gasteiger partial charge in [0.25, 0.3) is 0 Å². The molecule has 2 heterocycles. The van der Waals surface area contributed by atoms with E-state index in [1.807, 2.05) is 0 Å². The van der Waals surface area contributed by atoms with Crippen molar-refractivity contribution in [2.75, 3.05) is 24.6 Å². The highest BCUT2D eigenvalue weighted by molar-refractivity contribution is 5.65. The first kappa shape index (κ1) is 16.5. The molecule has 1 unspecified atom stereocenters. The van der Waals surface area contributed by atoms with Crippen molar-refractivity contribution in [3.63, 3.8) is 0 Å². The fourth-order valence-electron chi connectivity index (χ4n) is 2.55. The number of aromatic hydroxyl groups is 1. The van der Waals surface area contributed by atoms with Gasteiger partial charge in [0.15, 0.2) is 11.9 Å². The van der Waals surface area contributed by atoms with Crippen LogP contribution in [0.5, 0.6) is 5.75 Å². The van der Waals surface area contributed by atoms with Crippen molar-refractivity contribution in [3.8, 4) is 17.1 Å². The van der Waals surface area contributed by atoms with Crippen LogP contribution in [-0.2, 0) is 4.74 Å². The van der Waals surface area contributed by atoms with Crippen molar-refractivity contribution in [2.24, 2.45) is 0 Å². The highest BCUT2D eigenvalue weighted by atomic mass is 19.4. The van der Waals surface area contributed by atoms with Crippen molar-refractivity contribution in [2.45, 2.75) is 19.2 Å². The summed E-state index contributed by atoms with van der Waals surface area (Å²) in [6.45, 7) is 1.69. The van der Waals surface area contributed by atoms with Crippen LogP contribution in [0.2, 0.25) is 0 Å². The van der Waals surface area contributed by atoms with Gasteiger partial charge in [-0.25, -0.2) is 9.97 Å². The van der Waals surface area contributed by atoms with Crippen molar-refractivity contribution in [1.82, 2.24) is 9.97 Å². The molecule has 0 amide bonds. The Hall–Kier alpha value is -2.35. The molecule has 0 radical (unpaired) electrons. The molecule has 2 aromatic rings. The Morgan fingerprint density at radius 3 is 2.71 bits per heavy atom. The van der Waals surface area contributed by atoms with E-state index in [9.17, 15) is 18.3 Å². The third-order valence-corrected chi connectivity index (χ3v) is 3.74. The lowest BCUT2D eigenvalue weighted by Crippen LogP contribution is -2.49. The number of benzene rings is 1. The third-order valence-electron chi connectivity index (χ3n) is 3.74. The van der Waals surface area contributed by atoms with Crippen LogP contribution in [0.4, 0.5) is 19.0 Å². The van der Waals surface area contributed by atoms with Crippen LogP contribution < -0.4 is 4.90 Å². The van der Waals surface area contributed by atoms with Crippen LogP contribution >= 0.6 is 0 Å². The number of phenolic OH excluding ortho intramolecular Hbond substituents is 1. The van der Waals surface area contributed by atoms with Gasteiger partial charge in [-0.2, -0.15) is 13.2 Å². The molecule has 0 aliphatic carbocycles. The predicted molar refractivity (Wildman–Crippen MR) is 81.9 cm³/mol. The number of anilines is 1. The second kappa shape index (κ2) is 6.27. The lowest BCUT2D eigenvalue weighted by atomic mass is 10.2. The molecule has 0 bridgehead atoms. The normalized spacial score (nSPS) is 18.7. The highest BCUT2D eigenvalue weighted by Crippen LogP contribution is 2.30. The summed E-state index contributed by atoms with van der Waals surface area (Å²) in [6, 6.07) is 8.20. The number of morpholine rings is 1. The van der Waals surface area contributed by atoms with Gasteiger partial charge in [0.05, 0.1) is 18.7 Å². The molecule has 0 saturated carbocycles. The summed E-state index contributed by atoms with van der Waals surface area (Å²) in [5.41, 5.74) is 1.04. The number of rotatable bonds is 2. The van der Waals surface area contributed by atoms with Gasteiger partial charge < -0.3 is 14.7 Å². The molecule has 1 aliphatic heterocycles. The molecule has 1 aromatic heterocycles. The maximum Gasteiger partial charge on any atom is 0.416 e. The molecular formula is C16H16F3N3O2. The molecule has 1 saturated heterocycles. The summed E-state index contributed by atoms with van der Waals surface area (Å²) in [5, 5.41) is 9.94. The molecule has 1 aromatic carbocycles. The number of halogens is 3. The van der Waals surface area contributed by atoms with Gasteiger partial charge in [-0.15, -0.1) is 0 Å². The van der Waals surface area contributed by atoms with Gasteiger partial charge in [0.1, 0.15) is 11.6 Å². The summed E-state index contributed by atoms with van der Waals surface area (Å²) >= 11 is 0. The first-order chi connectivity index (χ1) is 11.3. The van der Waals surface area contributed by atoms with E-state index in [1.54, 1.807) is 31.2 Å². The predicted octanol–water partition coefficient (Wildman–Crippen LogP) is 2.93. The molecule has 128 valence electrons. The zero-order chi connectivity index (χ0) is 17.3. The Kier molecular flexibility index (Phi) is 4.31. The maximum absolute atomic E-state index is 12.9. The molecule has 1 N–H and O–H groups in total. The van der Waals surface area contributed by atoms with E-state index in [2.05, 4.69) is 9.97 Å². The lowest BCUT2D eigenvalue weighted by molar-refractivity contribution is -0.221. The summed E-state index contributed by atoms with van der Waals surface area (Å²) in [5.74, 6) is 0.681. The number of hydrogen-bond acceptors (Lipinski definition) is 5. The minimum Gasteiger partial charge on any atom is -0.507 e. The molecule has 1 atom stereocenters. The zero-order valence-electron chi connectivity index (χ0n) is 12.9. The van der Waals surface area contributed by atoms with E-state index < -0.39 is 12.3 Å². The zero-order valence-corrected chi connectivity index (χ0v) is 12.9. The van der Waals surface area contributed by atoms with Gasteiger partial charge in [-0.05, 0) is 19.1 Å². The van der Waals surface area contributed by atoms with Gasteiger partial charge in [0.2, 0.25) is 0 Å². The van der Waals surface area contributed by atoms with Gasteiger partial charge >= 0.3 is 6.18 Å². The molecular weight excluding hydrogens is 323 g/mol. The number of aromatic nitrogens is 2. The first-order valence-electron chi connectivity index (χ1n) is 7.42. The Morgan fingerprint density at radius 1 is 1.25 bits per heavy atom. The number of para-hydroxylation sites is 1. The van der Waals surface area contributed by atoms with E-state index in [-0.39, 0.29) is 24.7 Å². The van der Waals surface area contributed by atoms with Gasteiger partial charge in [-0.3, -0.25) is 0 Å². The Balaban J connectivity index is 1.93. The summed E-state index contributed by atoms with van der Waals surface area (Å²) in [6.07, 6.45) is -6.25. The largest absolute Gasteiger partial charge is 0.507 e. The van der Waals surface area contributed by atoms with E-state index in [0.29, 0.717) is 23.6 Å². The minimum absolute atomic E-state index is 0.0178. The number of phenols is 1. The summed E-state index contributed by atoms with van der Waals surface area (Å²) < 4.78 is 43.5. The summed E-state index contributed by atoms with van der Waals surface area (Å²) in [7, 11) is 0. The van der Waals surface area contributed by atoms with E-state index in [0.717, 1.165) is 0 Å². The second-order valence-corrected chi connectivity index (χ2v) is 5.56. The Morgan fingerprint density at radius 2 is 2.00 bits per heavy atom. The van der Waals surface area contributed by atoms with Crippen LogP contribution in [0.15, 0.2) is 30.3 Å². The Labute approximate surface area is 136 Å². The topological polar surface area (TPSA) is 58.5 Å². The number of nitrogens with zero attached hydrogens (tertiary/aromatic N) is 3. The van der Waals surface area contributed by atoms with Crippen LogP contribution in [0.3, 0.4) is 0 Å². The van der Waals surface area contributed by atoms with Crippen molar-refractivity contribution < 1.29 is 23.0 Å². The molecule has 1 fully saturated rings. The highest BCUT2D eigenvalue weighted by Gasteiger charge is 2.43. The monoisotopic (exact) mass is 339 g/mol. The molecule has 5 nitrogen and oxygen atoms in total. The van der Waals surface area contributed by atoms with Crippen molar-refractivity contribution in [1.29, 1.82) is 0 Å².